The number of amides is 1. The van der Waals surface area contributed by atoms with E-state index in [-0.39, 0.29) is 22.2 Å². The molecule has 7 heteroatoms. The number of halogens is 1. The van der Waals surface area contributed by atoms with Crippen LogP contribution in [0.15, 0.2) is 40.3 Å². The van der Waals surface area contributed by atoms with Crippen molar-refractivity contribution in [2.45, 2.75) is 38.6 Å². The van der Waals surface area contributed by atoms with Crippen molar-refractivity contribution in [1.29, 1.82) is 5.26 Å². The number of carbonyl (C=O) groups excluding carboxylic acids is 1. The highest BCUT2D eigenvalue weighted by Gasteiger charge is 2.24. The number of hydrogen-bond donors (Lipinski definition) is 2. The maximum atomic E-state index is 12.5. The number of furan rings is 1. The Kier molecular flexibility index (Phi) is 6.40. The summed E-state index contributed by atoms with van der Waals surface area (Å²) in [6.07, 6.45) is 5.64. The molecule has 3 rings (SSSR count). The van der Waals surface area contributed by atoms with Crippen molar-refractivity contribution in [2.24, 2.45) is 5.92 Å². The molecule has 2 aromatic rings. The number of nitrogens with one attached hydrogen (secondary N) is 1. The molecule has 2 atom stereocenters. The highest BCUT2D eigenvalue weighted by atomic mass is 35.5. The highest BCUT2D eigenvalue weighted by Crippen LogP contribution is 2.28. The van der Waals surface area contributed by atoms with E-state index in [4.69, 9.17) is 21.1 Å². The molecule has 1 aliphatic carbocycles. The van der Waals surface area contributed by atoms with Gasteiger partial charge in [0, 0.05) is 17.7 Å². The lowest BCUT2D eigenvalue weighted by molar-refractivity contribution is -0.118. The summed E-state index contributed by atoms with van der Waals surface area (Å²) in [6, 6.07) is 9.82. The Morgan fingerprint density at radius 1 is 1.28 bits per heavy atom. The van der Waals surface area contributed by atoms with Crippen LogP contribution < -0.4 is 5.32 Å². The SMILES string of the molecule is C[C@H]1CCCC[C@H]1NC(=O)/C(C#N)=C/c1ccc(-c2ccc(C(=O)O)c(Cl)c2)o1. The van der Waals surface area contributed by atoms with Crippen LogP contribution in [0.2, 0.25) is 5.02 Å². The van der Waals surface area contributed by atoms with E-state index < -0.39 is 11.9 Å². The quantitative estimate of drug-likeness (QED) is 0.537. The summed E-state index contributed by atoms with van der Waals surface area (Å²) >= 11 is 6.00. The third-order valence-electron chi connectivity index (χ3n) is 5.19. The molecule has 2 N–H and O–H groups in total. The third kappa shape index (κ3) is 4.87. The second kappa shape index (κ2) is 8.97. The fourth-order valence-electron chi connectivity index (χ4n) is 3.50. The highest BCUT2D eigenvalue weighted by molar-refractivity contribution is 6.33. The number of rotatable bonds is 5. The molecular formula is C22H21ClN2O4. The number of carboxylic acid groups (broad SMARTS) is 1. The van der Waals surface area contributed by atoms with E-state index in [1.165, 1.54) is 24.6 Å². The van der Waals surface area contributed by atoms with Gasteiger partial charge in [0.15, 0.2) is 0 Å². The number of carboxylic acids is 1. The fourth-order valence-corrected chi connectivity index (χ4v) is 3.76. The first-order valence-corrected chi connectivity index (χ1v) is 9.82. The Morgan fingerprint density at radius 2 is 2.03 bits per heavy atom. The van der Waals surface area contributed by atoms with Crippen molar-refractivity contribution in [3.63, 3.8) is 0 Å². The molecule has 6 nitrogen and oxygen atoms in total. The summed E-state index contributed by atoms with van der Waals surface area (Å²) < 4.78 is 5.71. The summed E-state index contributed by atoms with van der Waals surface area (Å²) in [5, 5.41) is 21.5. The molecule has 1 aromatic heterocycles. The average molecular weight is 413 g/mol. The first-order chi connectivity index (χ1) is 13.9. The van der Waals surface area contributed by atoms with Gasteiger partial charge in [0.05, 0.1) is 10.6 Å². The van der Waals surface area contributed by atoms with E-state index in [9.17, 15) is 14.9 Å². The topological polar surface area (TPSA) is 103 Å². The van der Waals surface area contributed by atoms with Gasteiger partial charge in [0.1, 0.15) is 23.2 Å². The molecule has 1 amide bonds. The summed E-state index contributed by atoms with van der Waals surface area (Å²) in [7, 11) is 0. The zero-order chi connectivity index (χ0) is 21.0. The van der Waals surface area contributed by atoms with Crippen molar-refractivity contribution in [1.82, 2.24) is 5.32 Å². The van der Waals surface area contributed by atoms with Crippen LogP contribution in [-0.4, -0.2) is 23.0 Å². The number of carbonyl (C=O) groups is 2. The minimum Gasteiger partial charge on any atom is -0.478 e. The average Bonchev–Trinajstić information content (AvgIpc) is 3.16. The Balaban J connectivity index is 1.77. The monoisotopic (exact) mass is 412 g/mol. The summed E-state index contributed by atoms with van der Waals surface area (Å²) in [5.74, 6) is -0.323. The van der Waals surface area contributed by atoms with Gasteiger partial charge >= 0.3 is 5.97 Å². The summed E-state index contributed by atoms with van der Waals surface area (Å²) in [4.78, 5) is 23.6. The van der Waals surface area contributed by atoms with Gasteiger partial charge in [-0.2, -0.15) is 5.26 Å². The predicted octanol–water partition coefficient (Wildman–Crippen LogP) is 4.90. The van der Waals surface area contributed by atoms with E-state index in [2.05, 4.69) is 12.2 Å². The number of benzene rings is 1. The molecule has 0 bridgehead atoms. The molecule has 29 heavy (non-hydrogen) atoms. The van der Waals surface area contributed by atoms with Crippen LogP contribution in [0, 0.1) is 17.2 Å². The van der Waals surface area contributed by atoms with Gasteiger partial charge < -0.3 is 14.8 Å². The Hall–Kier alpha value is -3.04. The minimum atomic E-state index is -1.11. The van der Waals surface area contributed by atoms with Crippen LogP contribution in [0.1, 0.15) is 48.7 Å². The van der Waals surface area contributed by atoms with Crippen LogP contribution >= 0.6 is 11.6 Å². The van der Waals surface area contributed by atoms with Gasteiger partial charge in [-0.15, -0.1) is 0 Å². The van der Waals surface area contributed by atoms with Crippen LogP contribution in [0.4, 0.5) is 0 Å². The zero-order valence-corrected chi connectivity index (χ0v) is 16.7. The Morgan fingerprint density at radius 3 is 2.69 bits per heavy atom. The lowest BCUT2D eigenvalue weighted by atomic mass is 9.86. The van der Waals surface area contributed by atoms with Crippen LogP contribution in [0.3, 0.4) is 0 Å². The number of nitriles is 1. The molecule has 0 saturated heterocycles. The predicted molar refractivity (Wildman–Crippen MR) is 109 cm³/mol. The van der Waals surface area contributed by atoms with Gasteiger partial charge in [0.25, 0.3) is 5.91 Å². The molecule has 1 saturated carbocycles. The maximum absolute atomic E-state index is 12.5. The molecule has 0 spiro atoms. The first-order valence-electron chi connectivity index (χ1n) is 9.44. The van der Waals surface area contributed by atoms with Gasteiger partial charge in [-0.3, -0.25) is 4.79 Å². The van der Waals surface area contributed by atoms with E-state index in [1.807, 2.05) is 6.07 Å². The number of aromatic carboxylic acids is 1. The van der Waals surface area contributed by atoms with Crippen LogP contribution in [0.5, 0.6) is 0 Å². The first kappa shape index (κ1) is 20.7. The smallest absolute Gasteiger partial charge is 0.337 e. The van der Waals surface area contributed by atoms with Crippen molar-refractivity contribution in [2.75, 3.05) is 0 Å². The summed E-state index contributed by atoms with van der Waals surface area (Å²) in [5.41, 5.74) is 0.573. The molecule has 1 aliphatic rings. The molecular weight excluding hydrogens is 392 g/mol. The van der Waals surface area contributed by atoms with Crippen molar-refractivity contribution < 1.29 is 19.1 Å². The Bertz CT molecular complexity index is 1000. The van der Waals surface area contributed by atoms with Gasteiger partial charge in [-0.1, -0.05) is 37.4 Å². The zero-order valence-electron chi connectivity index (χ0n) is 15.9. The van der Waals surface area contributed by atoms with E-state index in [0.29, 0.717) is 23.0 Å². The minimum absolute atomic E-state index is 0.00229. The molecule has 0 radical (unpaired) electrons. The lowest BCUT2D eigenvalue weighted by Gasteiger charge is -2.29. The van der Waals surface area contributed by atoms with Crippen molar-refractivity contribution in [3.8, 4) is 17.4 Å². The molecule has 1 heterocycles. The van der Waals surface area contributed by atoms with Gasteiger partial charge in [-0.25, -0.2) is 4.79 Å². The van der Waals surface area contributed by atoms with Crippen LogP contribution in [0.25, 0.3) is 17.4 Å². The van der Waals surface area contributed by atoms with Gasteiger partial charge in [0.2, 0.25) is 0 Å². The lowest BCUT2D eigenvalue weighted by Crippen LogP contribution is -2.41. The largest absolute Gasteiger partial charge is 0.478 e. The van der Waals surface area contributed by atoms with Crippen molar-refractivity contribution in [3.05, 3.63) is 52.3 Å². The second-order valence-electron chi connectivity index (χ2n) is 7.21. The van der Waals surface area contributed by atoms with E-state index in [1.54, 1.807) is 18.2 Å². The molecule has 1 aromatic carbocycles. The molecule has 1 fully saturated rings. The molecule has 0 aliphatic heterocycles. The second-order valence-corrected chi connectivity index (χ2v) is 7.62. The standard InChI is InChI=1S/C22H21ClN2O4/c1-13-4-2-3-5-19(13)25-21(26)15(12-24)10-16-7-9-20(29-16)14-6-8-17(22(27)28)18(23)11-14/h6-11,13,19H,2-5H2,1H3,(H,25,26)(H,27,28)/b15-10+/t13-,19+/m0/s1. The molecule has 150 valence electrons. The van der Waals surface area contributed by atoms with Crippen molar-refractivity contribution >= 4 is 29.6 Å². The number of nitrogens with zero attached hydrogens (tertiary/aromatic N) is 1. The Labute approximate surface area is 173 Å². The summed E-state index contributed by atoms with van der Waals surface area (Å²) in [6.45, 7) is 2.11. The number of hydrogen-bond acceptors (Lipinski definition) is 4. The van der Waals surface area contributed by atoms with Gasteiger partial charge in [-0.05, 0) is 43.0 Å². The fraction of sp³-hybridized carbons (Fsp3) is 0.318. The van der Waals surface area contributed by atoms with E-state index in [0.717, 1.165) is 19.3 Å². The third-order valence-corrected chi connectivity index (χ3v) is 5.50. The normalized spacial score (nSPS) is 19.4. The van der Waals surface area contributed by atoms with Crippen LogP contribution in [-0.2, 0) is 4.79 Å². The maximum Gasteiger partial charge on any atom is 0.337 e. The van der Waals surface area contributed by atoms with E-state index >= 15 is 0 Å². The molecule has 0 unspecified atom stereocenters.